The zero-order chi connectivity index (χ0) is 20.4. The Kier molecular flexibility index (Phi) is 5.28. The molecule has 2 amide bonds. The summed E-state index contributed by atoms with van der Waals surface area (Å²) < 4.78 is 13.1. The van der Waals surface area contributed by atoms with Gasteiger partial charge in [0.05, 0.1) is 6.54 Å². The fourth-order valence-electron chi connectivity index (χ4n) is 3.57. The van der Waals surface area contributed by atoms with Gasteiger partial charge in [0.1, 0.15) is 29.8 Å². The number of halogens is 1. The third kappa shape index (κ3) is 4.28. The number of hydrogen-bond donors (Lipinski definition) is 1. The van der Waals surface area contributed by atoms with Crippen LogP contribution in [0.4, 0.5) is 16.0 Å². The lowest BCUT2D eigenvalue weighted by atomic mass is 10.2. The first-order valence-electron chi connectivity index (χ1n) is 9.60. The summed E-state index contributed by atoms with van der Waals surface area (Å²) in [4.78, 5) is 38.5. The maximum Gasteiger partial charge on any atom is 0.245 e. The molecule has 0 radical (unpaired) electrons. The summed E-state index contributed by atoms with van der Waals surface area (Å²) in [7, 11) is 1.79. The Hall–Kier alpha value is -3.23. The number of anilines is 2. The van der Waals surface area contributed by atoms with E-state index in [1.165, 1.54) is 18.5 Å². The lowest BCUT2D eigenvalue weighted by Crippen LogP contribution is -2.48. The number of hydrogen-bond acceptors (Lipinski definition) is 6. The predicted molar refractivity (Wildman–Crippen MR) is 106 cm³/mol. The normalized spacial score (nSPS) is 19.8. The molecule has 152 valence electrons. The molecular formula is C20H23FN6O2. The number of likely N-dealkylation sites (N-methyl/N-ethyl adjacent to an activating group) is 1. The van der Waals surface area contributed by atoms with Gasteiger partial charge in [-0.2, -0.15) is 0 Å². The first-order valence-corrected chi connectivity index (χ1v) is 9.60. The number of benzene rings is 1. The van der Waals surface area contributed by atoms with E-state index in [1.54, 1.807) is 35.0 Å². The van der Waals surface area contributed by atoms with Gasteiger partial charge in [-0.05, 0) is 24.1 Å². The number of rotatable bonds is 5. The second kappa shape index (κ2) is 8.02. The van der Waals surface area contributed by atoms with Gasteiger partial charge in [-0.25, -0.2) is 14.4 Å². The van der Waals surface area contributed by atoms with Crippen molar-refractivity contribution in [3.05, 3.63) is 48.0 Å². The number of piperazine rings is 1. The van der Waals surface area contributed by atoms with Crippen LogP contribution in [0.2, 0.25) is 0 Å². The Bertz CT molecular complexity index is 906. The van der Waals surface area contributed by atoms with E-state index >= 15 is 0 Å². The number of carbonyl (C=O) groups is 2. The van der Waals surface area contributed by atoms with E-state index < -0.39 is 0 Å². The Labute approximate surface area is 168 Å². The lowest BCUT2D eigenvalue weighted by Gasteiger charge is -2.32. The smallest absolute Gasteiger partial charge is 0.245 e. The Morgan fingerprint density at radius 1 is 1.14 bits per heavy atom. The molecule has 1 aromatic carbocycles. The molecule has 0 aliphatic carbocycles. The molecular weight excluding hydrogens is 375 g/mol. The van der Waals surface area contributed by atoms with Crippen LogP contribution >= 0.6 is 0 Å². The van der Waals surface area contributed by atoms with Crippen LogP contribution in [0.1, 0.15) is 12.0 Å². The van der Waals surface area contributed by atoms with Crippen molar-refractivity contribution in [2.24, 2.45) is 0 Å². The SMILES string of the molecule is CN1CCN(c2cc(NC3CCN(Cc4ccc(F)cc4)C3=O)ncn2)CC1=O. The minimum atomic E-state index is -0.368. The van der Waals surface area contributed by atoms with Gasteiger partial charge in [-0.1, -0.05) is 12.1 Å². The molecule has 0 spiro atoms. The third-order valence-corrected chi connectivity index (χ3v) is 5.34. The number of nitrogens with zero attached hydrogens (tertiary/aromatic N) is 5. The van der Waals surface area contributed by atoms with E-state index in [2.05, 4.69) is 15.3 Å². The van der Waals surface area contributed by atoms with E-state index in [9.17, 15) is 14.0 Å². The van der Waals surface area contributed by atoms with Crippen molar-refractivity contribution in [3.8, 4) is 0 Å². The number of nitrogens with one attached hydrogen (secondary N) is 1. The average molecular weight is 398 g/mol. The van der Waals surface area contributed by atoms with Gasteiger partial charge in [-0.15, -0.1) is 0 Å². The molecule has 9 heteroatoms. The highest BCUT2D eigenvalue weighted by molar-refractivity contribution is 5.86. The van der Waals surface area contributed by atoms with Crippen LogP contribution in [0.3, 0.4) is 0 Å². The van der Waals surface area contributed by atoms with Crippen LogP contribution in [0.25, 0.3) is 0 Å². The van der Waals surface area contributed by atoms with E-state index in [4.69, 9.17) is 0 Å². The van der Waals surface area contributed by atoms with Crippen molar-refractivity contribution in [2.75, 3.05) is 43.4 Å². The van der Waals surface area contributed by atoms with Gasteiger partial charge < -0.3 is 20.0 Å². The molecule has 2 aromatic rings. The summed E-state index contributed by atoms with van der Waals surface area (Å²) in [5.41, 5.74) is 0.893. The van der Waals surface area contributed by atoms with Crippen molar-refractivity contribution < 1.29 is 14.0 Å². The number of amides is 2. The zero-order valence-corrected chi connectivity index (χ0v) is 16.2. The molecule has 4 rings (SSSR count). The van der Waals surface area contributed by atoms with Gasteiger partial charge in [0.25, 0.3) is 0 Å². The second-order valence-corrected chi connectivity index (χ2v) is 7.37. The van der Waals surface area contributed by atoms with Crippen molar-refractivity contribution in [3.63, 3.8) is 0 Å². The molecule has 1 unspecified atom stereocenters. The molecule has 29 heavy (non-hydrogen) atoms. The van der Waals surface area contributed by atoms with Crippen LogP contribution in [0, 0.1) is 5.82 Å². The van der Waals surface area contributed by atoms with Crippen molar-refractivity contribution in [1.82, 2.24) is 19.8 Å². The minimum Gasteiger partial charge on any atom is -0.358 e. The highest BCUT2D eigenvalue weighted by Crippen LogP contribution is 2.21. The van der Waals surface area contributed by atoms with Crippen molar-refractivity contribution >= 4 is 23.5 Å². The highest BCUT2D eigenvalue weighted by atomic mass is 19.1. The lowest BCUT2D eigenvalue weighted by molar-refractivity contribution is -0.130. The van der Waals surface area contributed by atoms with Crippen LogP contribution < -0.4 is 10.2 Å². The van der Waals surface area contributed by atoms with E-state index in [0.717, 1.165) is 5.56 Å². The summed E-state index contributed by atoms with van der Waals surface area (Å²) in [6.07, 6.45) is 2.10. The molecule has 2 aliphatic heterocycles. The predicted octanol–water partition coefficient (Wildman–Crippen LogP) is 1.11. The molecule has 3 heterocycles. The van der Waals surface area contributed by atoms with Crippen LogP contribution in [0.5, 0.6) is 0 Å². The molecule has 0 saturated carbocycles. The standard InChI is InChI=1S/C20H23FN6O2/c1-25-8-9-26(12-19(25)28)18-10-17(22-13-23-18)24-16-6-7-27(20(16)29)11-14-2-4-15(21)5-3-14/h2-5,10,13,16H,6-9,11-12H2,1H3,(H,22,23,24). The molecule has 2 aliphatic rings. The van der Waals surface area contributed by atoms with Crippen LogP contribution in [-0.4, -0.2) is 70.9 Å². The number of likely N-dealkylation sites (tertiary alicyclic amines) is 1. The maximum absolute atomic E-state index is 13.1. The van der Waals surface area contributed by atoms with Gasteiger partial charge in [0, 0.05) is 39.3 Å². The van der Waals surface area contributed by atoms with E-state index in [1.807, 2.05) is 4.90 Å². The minimum absolute atomic E-state index is 0.00994. The highest BCUT2D eigenvalue weighted by Gasteiger charge is 2.32. The van der Waals surface area contributed by atoms with Crippen molar-refractivity contribution in [2.45, 2.75) is 19.0 Å². The molecule has 1 N–H and O–H groups in total. The first kappa shape index (κ1) is 19.1. The van der Waals surface area contributed by atoms with Gasteiger partial charge in [0.15, 0.2) is 0 Å². The molecule has 1 atom stereocenters. The van der Waals surface area contributed by atoms with E-state index in [0.29, 0.717) is 44.2 Å². The first-order chi connectivity index (χ1) is 14.0. The average Bonchev–Trinajstić information content (AvgIpc) is 3.05. The van der Waals surface area contributed by atoms with Gasteiger partial charge in [-0.3, -0.25) is 9.59 Å². The molecule has 1 aromatic heterocycles. The molecule has 2 saturated heterocycles. The molecule has 2 fully saturated rings. The van der Waals surface area contributed by atoms with Crippen LogP contribution in [-0.2, 0) is 16.1 Å². The fraction of sp³-hybridized carbons (Fsp3) is 0.400. The Balaban J connectivity index is 1.39. The number of carbonyl (C=O) groups excluding carboxylic acids is 2. The summed E-state index contributed by atoms with van der Waals surface area (Å²) in [5, 5.41) is 3.19. The monoisotopic (exact) mass is 398 g/mol. The Morgan fingerprint density at radius 3 is 2.69 bits per heavy atom. The van der Waals surface area contributed by atoms with Crippen molar-refractivity contribution in [1.29, 1.82) is 0 Å². The molecule has 8 nitrogen and oxygen atoms in total. The summed E-state index contributed by atoms with van der Waals surface area (Å²) in [6.45, 7) is 2.70. The topological polar surface area (TPSA) is 81.7 Å². The quantitative estimate of drug-likeness (QED) is 0.813. The summed E-state index contributed by atoms with van der Waals surface area (Å²) in [5.74, 6) is 0.972. The van der Waals surface area contributed by atoms with Gasteiger partial charge in [0.2, 0.25) is 11.8 Å². The maximum atomic E-state index is 13.1. The summed E-state index contributed by atoms with van der Waals surface area (Å²) >= 11 is 0. The Morgan fingerprint density at radius 2 is 1.93 bits per heavy atom. The van der Waals surface area contributed by atoms with Gasteiger partial charge >= 0.3 is 0 Å². The summed E-state index contributed by atoms with van der Waals surface area (Å²) in [6, 6.07) is 7.59. The second-order valence-electron chi connectivity index (χ2n) is 7.37. The fourth-order valence-corrected chi connectivity index (χ4v) is 3.57. The number of aromatic nitrogens is 2. The third-order valence-electron chi connectivity index (χ3n) is 5.34. The molecule has 0 bridgehead atoms. The van der Waals surface area contributed by atoms with Crippen LogP contribution in [0.15, 0.2) is 36.7 Å². The van der Waals surface area contributed by atoms with E-state index in [-0.39, 0.29) is 30.2 Å². The zero-order valence-electron chi connectivity index (χ0n) is 16.2. The largest absolute Gasteiger partial charge is 0.358 e.